The van der Waals surface area contributed by atoms with Gasteiger partial charge in [-0.25, -0.2) is 14.1 Å². The van der Waals surface area contributed by atoms with E-state index in [-0.39, 0.29) is 11.9 Å². The van der Waals surface area contributed by atoms with E-state index in [2.05, 4.69) is 41.6 Å². The lowest BCUT2D eigenvalue weighted by Gasteiger charge is -2.39. The number of pyridine rings is 2. The second-order valence-corrected chi connectivity index (χ2v) is 10.0. The maximum Gasteiger partial charge on any atom is 0.250 e. The van der Waals surface area contributed by atoms with E-state index in [0.29, 0.717) is 38.0 Å². The molecular formula is C28H37FN6O2. The summed E-state index contributed by atoms with van der Waals surface area (Å²) in [6, 6.07) is 6.41. The average Bonchev–Trinajstić information content (AvgIpc) is 3.10. The van der Waals surface area contributed by atoms with Gasteiger partial charge < -0.3 is 9.47 Å². The van der Waals surface area contributed by atoms with E-state index in [9.17, 15) is 4.39 Å². The molecule has 0 radical (unpaired) electrons. The third-order valence-electron chi connectivity index (χ3n) is 7.50. The Labute approximate surface area is 218 Å². The second-order valence-electron chi connectivity index (χ2n) is 10.0. The molecule has 0 amide bonds. The fourth-order valence-electron chi connectivity index (χ4n) is 5.32. The Kier molecular flexibility index (Phi) is 7.83. The van der Waals surface area contributed by atoms with Gasteiger partial charge in [0.25, 0.3) is 5.88 Å². The minimum absolute atomic E-state index is 0.00930. The van der Waals surface area contributed by atoms with Crippen LogP contribution in [0.1, 0.15) is 50.7 Å². The van der Waals surface area contributed by atoms with Gasteiger partial charge in [-0.3, -0.25) is 14.8 Å². The van der Waals surface area contributed by atoms with Crippen molar-refractivity contribution in [3.05, 3.63) is 53.4 Å². The molecule has 9 heteroatoms. The van der Waals surface area contributed by atoms with Gasteiger partial charge in [0.2, 0.25) is 0 Å². The van der Waals surface area contributed by atoms with Gasteiger partial charge >= 0.3 is 0 Å². The largest absolute Gasteiger partial charge is 0.476 e. The fraction of sp³-hybridized carbons (Fsp3) is 0.536. The number of hydrogen-bond acceptors (Lipinski definition) is 7. The Bertz CT molecular complexity index is 1220. The highest BCUT2D eigenvalue weighted by molar-refractivity contribution is 5.65. The maximum atomic E-state index is 14.7. The van der Waals surface area contributed by atoms with Crippen LogP contribution in [0.2, 0.25) is 0 Å². The van der Waals surface area contributed by atoms with Crippen molar-refractivity contribution in [1.29, 1.82) is 0 Å². The summed E-state index contributed by atoms with van der Waals surface area (Å²) >= 11 is 0. The van der Waals surface area contributed by atoms with Crippen LogP contribution in [0, 0.1) is 5.82 Å². The van der Waals surface area contributed by atoms with Crippen LogP contribution in [-0.4, -0.2) is 81.6 Å². The van der Waals surface area contributed by atoms with E-state index in [0.717, 1.165) is 60.8 Å². The molecule has 0 bridgehead atoms. The van der Waals surface area contributed by atoms with Gasteiger partial charge in [-0.2, -0.15) is 5.10 Å². The van der Waals surface area contributed by atoms with E-state index in [1.807, 2.05) is 23.9 Å². The van der Waals surface area contributed by atoms with E-state index in [4.69, 9.17) is 19.6 Å². The highest BCUT2D eigenvalue weighted by Gasteiger charge is 2.26. The lowest BCUT2D eigenvalue weighted by atomic mass is 10.0. The van der Waals surface area contributed by atoms with E-state index in [1.165, 1.54) is 6.07 Å². The van der Waals surface area contributed by atoms with E-state index >= 15 is 0 Å². The molecule has 3 aromatic heterocycles. The van der Waals surface area contributed by atoms with Crippen molar-refractivity contribution in [2.75, 3.05) is 46.0 Å². The Morgan fingerprint density at radius 3 is 2.51 bits per heavy atom. The van der Waals surface area contributed by atoms with Crippen molar-refractivity contribution in [3.63, 3.8) is 0 Å². The predicted molar refractivity (Wildman–Crippen MR) is 141 cm³/mol. The summed E-state index contributed by atoms with van der Waals surface area (Å²) < 4.78 is 27.6. The predicted octanol–water partition coefficient (Wildman–Crippen LogP) is 4.07. The van der Waals surface area contributed by atoms with Crippen LogP contribution < -0.4 is 4.74 Å². The number of ether oxygens (including phenoxy) is 2. The van der Waals surface area contributed by atoms with E-state index < -0.39 is 5.82 Å². The van der Waals surface area contributed by atoms with E-state index in [1.54, 1.807) is 6.20 Å². The smallest absolute Gasteiger partial charge is 0.250 e. The molecule has 1 saturated heterocycles. The standard InChI is InChI=1S/C28H37FN6O2/c1-5-37-28-24(29)17-22(18-31-28)35-26-8-15-36-14-7-23(26)27(32-35)21-6-9-30-25(16-21)20(4)34-12-10-33(11-13-34)19(2)3/h6,9,16-20H,5,7-8,10-15H2,1-4H3. The van der Waals surface area contributed by atoms with Crippen molar-refractivity contribution in [2.45, 2.75) is 52.6 Å². The summed E-state index contributed by atoms with van der Waals surface area (Å²) in [5.74, 6) is -0.484. The molecule has 1 unspecified atom stereocenters. The first-order valence-corrected chi connectivity index (χ1v) is 13.4. The van der Waals surface area contributed by atoms with Crippen molar-refractivity contribution >= 4 is 0 Å². The second kappa shape index (κ2) is 11.2. The maximum absolute atomic E-state index is 14.7. The Hall–Kier alpha value is -2.88. The summed E-state index contributed by atoms with van der Waals surface area (Å²) in [6.07, 6.45) is 4.95. The molecule has 0 spiro atoms. The van der Waals surface area contributed by atoms with Crippen LogP contribution in [0.3, 0.4) is 0 Å². The van der Waals surface area contributed by atoms with Crippen LogP contribution in [0.4, 0.5) is 4.39 Å². The molecule has 0 saturated carbocycles. The van der Waals surface area contributed by atoms with Crippen molar-refractivity contribution < 1.29 is 13.9 Å². The summed E-state index contributed by atoms with van der Waals surface area (Å²) in [6.45, 7) is 14.4. The molecular weight excluding hydrogens is 471 g/mol. The molecule has 2 aliphatic rings. The van der Waals surface area contributed by atoms with Crippen LogP contribution >= 0.6 is 0 Å². The topological polar surface area (TPSA) is 68.5 Å². The minimum Gasteiger partial charge on any atom is -0.476 e. The SMILES string of the molecule is CCOc1ncc(-n2nc(-c3ccnc(C(C)N4CCN(C(C)C)CC4)c3)c3c2CCOCC3)cc1F. The zero-order valence-electron chi connectivity index (χ0n) is 22.3. The molecule has 0 aliphatic carbocycles. The molecule has 5 heterocycles. The number of hydrogen-bond donors (Lipinski definition) is 0. The fourth-order valence-corrected chi connectivity index (χ4v) is 5.32. The quantitative estimate of drug-likeness (QED) is 0.477. The lowest BCUT2D eigenvalue weighted by molar-refractivity contribution is 0.0821. The molecule has 198 valence electrons. The van der Waals surface area contributed by atoms with Gasteiger partial charge in [0.15, 0.2) is 5.82 Å². The minimum atomic E-state index is -0.493. The third-order valence-corrected chi connectivity index (χ3v) is 7.50. The number of halogens is 1. The summed E-state index contributed by atoms with van der Waals surface area (Å²) in [5, 5.41) is 5.00. The van der Waals surface area contributed by atoms with Crippen molar-refractivity contribution in [3.8, 4) is 22.8 Å². The molecule has 37 heavy (non-hydrogen) atoms. The zero-order chi connectivity index (χ0) is 25.9. The lowest BCUT2D eigenvalue weighted by Crippen LogP contribution is -2.49. The average molecular weight is 509 g/mol. The van der Waals surface area contributed by atoms with Gasteiger partial charge in [0, 0.05) is 68.1 Å². The Morgan fingerprint density at radius 1 is 1.03 bits per heavy atom. The first-order valence-electron chi connectivity index (χ1n) is 13.4. The third kappa shape index (κ3) is 5.39. The van der Waals surface area contributed by atoms with Gasteiger partial charge in [0.05, 0.1) is 48.8 Å². The van der Waals surface area contributed by atoms with Crippen LogP contribution in [0.5, 0.6) is 5.88 Å². The van der Waals surface area contributed by atoms with Crippen molar-refractivity contribution in [1.82, 2.24) is 29.5 Å². The number of nitrogens with zero attached hydrogens (tertiary/aromatic N) is 6. The molecule has 5 rings (SSSR count). The molecule has 0 N–H and O–H groups in total. The number of aromatic nitrogens is 4. The monoisotopic (exact) mass is 508 g/mol. The zero-order valence-corrected chi connectivity index (χ0v) is 22.3. The number of fused-ring (bicyclic) bond motifs is 1. The van der Waals surface area contributed by atoms with Crippen molar-refractivity contribution in [2.24, 2.45) is 0 Å². The van der Waals surface area contributed by atoms with Crippen LogP contribution in [0.15, 0.2) is 30.6 Å². The van der Waals surface area contributed by atoms with Gasteiger partial charge in [0.1, 0.15) is 0 Å². The van der Waals surface area contributed by atoms with Gasteiger partial charge in [-0.05, 0) is 46.2 Å². The van der Waals surface area contributed by atoms with Gasteiger partial charge in [-0.1, -0.05) is 0 Å². The first-order chi connectivity index (χ1) is 18.0. The van der Waals surface area contributed by atoms with Gasteiger partial charge in [-0.15, -0.1) is 0 Å². The highest BCUT2D eigenvalue weighted by Crippen LogP contribution is 2.32. The molecule has 8 nitrogen and oxygen atoms in total. The molecule has 1 fully saturated rings. The first kappa shape index (κ1) is 25.8. The summed E-state index contributed by atoms with van der Waals surface area (Å²) in [4.78, 5) is 14.0. The molecule has 3 aromatic rings. The molecule has 0 aromatic carbocycles. The number of rotatable bonds is 7. The summed E-state index contributed by atoms with van der Waals surface area (Å²) in [5.41, 5.74) is 5.72. The molecule has 1 atom stereocenters. The Balaban J connectivity index is 1.47. The van der Waals surface area contributed by atoms with Crippen LogP contribution in [-0.2, 0) is 17.6 Å². The summed E-state index contributed by atoms with van der Waals surface area (Å²) in [7, 11) is 0. The van der Waals surface area contributed by atoms with Crippen LogP contribution in [0.25, 0.3) is 16.9 Å². The normalized spacial score (nSPS) is 18.0. The number of piperazine rings is 1. The highest BCUT2D eigenvalue weighted by atomic mass is 19.1. The Morgan fingerprint density at radius 2 is 1.78 bits per heavy atom. The molecule has 2 aliphatic heterocycles.